The van der Waals surface area contributed by atoms with Gasteiger partial charge in [0.2, 0.25) is 0 Å². The molecule has 26 heavy (non-hydrogen) atoms. The highest BCUT2D eigenvalue weighted by molar-refractivity contribution is 5.88. The molecule has 0 saturated heterocycles. The number of nitrogens with one attached hydrogen (secondary N) is 1. The second-order valence-corrected chi connectivity index (χ2v) is 5.95. The van der Waals surface area contributed by atoms with E-state index in [1.165, 1.54) is 5.56 Å². The van der Waals surface area contributed by atoms with E-state index in [1.54, 1.807) is 0 Å². The first-order valence-electron chi connectivity index (χ1n) is 8.36. The minimum atomic E-state index is 0. The number of aryl methyl sites for hydroxylation is 3. The Morgan fingerprint density at radius 3 is 2.35 bits per heavy atom. The Morgan fingerprint density at radius 1 is 0.923 bits per heavy atom. The van der Waals surface area contributed by atoms with E-state index >= 15 is 0 Å². The third kappa shape index (κ3) is 3.72. The average Bonchev–Trinajstić information content (AvgIpc) is 3.05. The van der Waals surface area contributed by atoms with E-state index in [9.17, 15) is 0 Å². The van der Waals surface area contributed by atoms with Gasteiger partial charge in [0, 0.05) is 12.2 Å². The van der Waals surface area contributed by atoms with Gasteiger partial charge >= 0.3 is 0 Å². The number of hydrogen-bond donors (Lipinski definition) is 1. The van der Waals surface area contributed by atoms with Crippen molar-refractivity contribution in [3.63, 3.8) is 0 Å². The smallest absolute Gasteiger partial charge is 0.163 e. The predicted octanol–water partition coefficient (Wildman–Crippen LogP) is 4.76. The maximum absolute atomic E-state index is 4.60. The highest BCUT2D eigenvalue weighted by atomic mass is 15.3. The summed E-state index contributed by atoms with van der Waals surface area (Å²) in [6.07, 6.45) is 2.76. The van der Waals surface area contributed by atoms with E-state index in [0.717, 1.165) is 41.3 Å². The predicted molar refractivity (Wildman–Crippen MR) is 107 cm³/mol. The summed E-state index contributed by atoms with van der Waals surface area (Å²) in [5, 5.41) is 8.83. The van der Waals surface area contributed by atoms with Gasteiger partial charge in [0.1, 0.15) is 11.6 Å². The summed E-state index contributed by atoms with van der Waals surface area (Å²) in [5.41, 5.74) is 3.15. The lowest BCUT2D eigenvalue weighted by molar-refractivity contribution is 0.629. The largest absolute Gasteiger partial charge is 0.340 e. The highest BCUT2D eigenvalue weighted by Crippen LogP contribution is 2.23. The molecular weight excluding hydrogens is 322 g/mol. The number of para-hydroxylation sites is 1. The van der Waals surface area contributed by atoms with Gasteiger partial charge in [-0.3, -0.25) is 0 Å². The molecule has 2 heterocycles. The fourth-order valence-electron chi connectivity index (χ4n) is 2.86. The summed E-state index contributed by atoms with van der Waals surface area (Å²) >= 11 is 0. The molecule has 132 valence electrons. The molecule has 0 unspecified atom stereocenters. The molecule has 0 fully saturated rings. The SMILES string of the molecule is C.Cc1nc(Nc2ccccc2)c2cnn(CCc3ccccc3)c2n1. The first-order chi connectivity index (χ1) is 12.3. The number of hydrogen-bond acceptors (Lipinski definition) is 4. The fourth-order valence-corrected chi connectivity index (χ4v) is 2.86. The first kappa shape index (κ1) is 17.6. The molecule has 0 amide bonds. The van der Waals surface area contributed by atoms with Crippen molar-refractivity contribution in [3.05, 3.63) is 78.2 Å². The van der Waals surface area contributed by atoms with Crippen LogP contribution >= 0.6 is 0 Å². The van der Waals surface area contributed by atoms with E-state index in [0.29, 0.717) is 0 Å². The van der Waals surface area contributed by atoms with Crippen LogP contribution in [0.4, 0.5) is 11.5 Å². The molecule has 0 saturated carbocycles. The van der Waals surface area contributed by atoms with Crippen LogP contribution in [0.25, 0.3) is 11.0 Å². The minimum Gasteiger partial charge on any atom is -0.340 e. The zero-order chi connectivity index (χ0) is 17.1. The summed E-state index contributed by atoms with van der Waals surface area (Å²) in [6, 6.07) is 20.4. The van der Waals surface area contributed by atoms with Crippen molar-refractivity contribution >= 4 is 22.5 Å². The van der Waals surface area contributed by atoms with Gasteiger partial charge in [0.25, 0.3) is 0 Å². The summed E-state index contributed by atoms with van der Waals surface area (Å²) in [5.74, 6) is 1.52. The molecule has 4 aromatic rings. The van der Waals surface area contributed by atoms with Crippen LogP contribution in [0.15, 0.2) is 66.9 Å². The number of rotatable bonds is 5. The first-order valence-corrected chi connectivity index (χ1v) is 8.36. The van der Waals surface area contributed by atoms with Crippen LogP contribution in [0.1, 0.15) is 18.8 Å². The molecule has 0 aliphatic carbocycles. The lowest BCUT2D eigenvalue weighted by atomic mass is 10.1. The molecule has 0 spiro atoms. The summed E-state index contributed by atoms with van der Waals surface area (Å²) in [6.45, 7) is 2.69. The van der Waals surface area contributed by atoms with Gasteiger partial charge in [0.15, 0.2) is 5.65 Å². The maximum atomic E-state index is 4.60. The molecule has 0 atom stereocenters. The monoisotopic (exact) mass is 345 g/mol. The van der Waals surface area contributed by atoms with Gasteiger partial charge in [-0.05, 0) is 31.0 Å². The number of anilines is 2. The van der Waals surface area contributed by atoms with Gasteiger partial charge < -0.3 is 5.32 Å². The van der Waals surface area contributed by atoms with Gasteiger partial charge in [-0.2, -0.15) is 5.10 Å². The Morgan fingerprint density at radius 2 is 1.62 bits per heavy atom. The van der Waals surface area contributed by atoms with Crippen LogP contribution < -0.4 is 5.32 Å². The van der Waals surface area contributed by atoms with Gasteiger partial charge in [-0.15, -0.1) is 0 Å². The quantitative estimate of drug-likeness (QED) is 0.567. The lowest BCUT2D eigenvalue weighted by Crippen LogP contribution is -2.05. The molecule has 0 radical (unpaired) electrons. The molecular formula is C21H23N5. The van der Waals surface area contributed by atoms with Gasteiger partial charge in [-0.25, -0.2) is 14.6 Å². The average molecular weight is 345 g/mol. The van der Waals surface area contributed by atoms with E-state index in [1.807, 2.05) is 54.2 Å². The Bertz CT molecular complexity index is 977. The topological polar surface area (TPSA) is 55.6 Å². The number of aromatic nitrogens is 4. The Labute approximate surface area is 153 Å². The third-order valence-electron chi connectivity index (χ3n) is 4.10. The van der Waals surface area contributed by atoms with Crippen LogP contribution in [0, 0.1) is 6.92 Å². The molecule has 5 nitrogen and oxygen atoms in total. The molecule has 0 aliphatic heterocycles. The third-order valence-corrected chi connectivity index (χ3v) is 4.10. The van der Waals surface area contributed by atoms with Crippen molar-refractivity contribution in [2.75, 3.05) is 5.32 Å². The van der Waals surface area contributed by atoms with Crippen LogP contribution in [-0.2, 0) is 13.0 Å². The van der Waals surface area contributed by atoms with Crippen LogP contribution in [-0.4, -0.2) is 19.7 Å². The van der Waals surface area contributed by atoms with E-state index in [4.69, 9.17) is 0 Å². The number of fused-ring (bicyclic) bond motifs is 1. The molecule has 4 rings (SSSR count). The van der Waals surface area contributed by atoms with Gasteiger partial charge in [0.05, 0.1) is 11.6 Å². The van der Waals surface area contributed by atoms with Crippen molar-refractivity contribution in [2.45, 2.75) is 27.3 Å². The molecule has 5 heteroatoms. The standard InChI is InChI=1S/C20H19N5.CH4/c1-15-22-19(24-17-10-6-3-7-11-17)18-14-21-25(20(18)23-15)13-12-16-8-4-2-5-9-16;/h2-11,14H,12-13H2,1H3,(H,22,23,24);1H4. The zero-order valence-electron chi connectivity index (χ0n) is 14.1. The fraction of sp³-hybridized carbons (Fsp3) is 0.190. The number of benzene rings is 2. The Hall–Kier alpha value is -3.21. The molecule has 0 aliphatic rings. The maximum Gasteiger partial charge on any atom is 0.163 e. The molecule has 1 N–H and O–H groups in total. The van der Waals surface area contributed by atoms with E-state index in [-0.39, 0.29) is 7.43 Å². The van der Waals surface area contributed by atoms with Crippen LogP contribution in [0.3, 0.4) is 0 Å². The minimum absolute atomic E-state index is 0. The normalized spacial score (nSPS) is 10.5. The Kier molecular flexibility index (Phi) is 5.27. The zero-order valence-corrected chi connectivity index (χ0v) is 14.1. The summed E-state index contributed by atoms with van der Waals surface area (Å²) < 4.78 is 1.95. The second kappa shape index (κ2) is 7.78. The van der Waals surface area contributed by atoms with Crippen molar-refractivity contribution in [1.29, 1.82) is 0 Å². The molecule has 0 bridgehead atoms. The molecule has 2 aromatic carbocycles. The summed E-state index contributed by atoms with van der Waals surface area (Å²) in [7, 11) is 0. The number of nitrogens with zero attached hydrogens (tertiary/aromatic N) is 4. The summed E-state index contributed by atoms with van der Waals surface area (Å²) in [4.78, 5) is 9.15. The van der Waals surface area contributed by atoms with Crippen LogP contribution in [0.5, 0.6) is 0 Å². The van der Waals surface area contributed by atoms with Crippen molar-refractivity contribution in [2.24, 2.45) is 0 Å². The van der Waals surface area contributed by atoms with Crippen LogP contribution in [0.2, 0.25) is 0 Å². The van der Waals surface area contributed by atoms with Crippen molar-refractivity contribution < 1.29 is 0 Å². The van der Waals surface area contributed by atoms with Crippen molar-refractivity contribution in [3.8, 4) is 0 Å². The second-order valence-electron chi connectivity index (χ2n) is 5.95. The van der Waals surface area contributed by atoms with Crippen molar-refractivity contribution in [1.82, 2.24) is 19.7 Å². The van der Waals surface area contributed by atoms with E-state index < -0.39 is 0 Å². The van der Waals surface area contributed by atoms with E-state index in [2.05, 4.69) is 44.6 Å². The molecule has 2 aromatic heterocycles. The lowest BCUT2D eigenvalue weighted by Gasteiger charge is -2.08. The highest BCUT2D eigenvalue weighted by Gasteiger charge is 2.11. The Balaban J connectivity index is 0.00000196. The van der Waals surface area contributed by atoms with Gasteiger partial charge in [-0.1, -0.05) is 56.0 Å².